The first-order valence-electron chi connectivity index (χ1n) is 6.40. The summed E-state index contributed by atoms with van der Waals surface area (Å²) < 4.78 is 27.0. The molecule has 0 radical (unpaired) electrons. The van der Waals surface area contributed by atoms with Crippen molar-refractivity contribution in [2.45, 2.75) is 24.2 Å². The average molecular weight is 396 g/mol. The number of unbranched alkanes of at least 4 members (excludes halogenated alkanes) is 2. The topological polar surface area (TPSA) is 83.5 Å². The van der Waals surface area contributed by atoms with Crippen LogP contribution < -0.4 is 4.72 Å². The molecule has 118 valence electrons. The lowest BCUT2D eigenvalue weighted by Crippen LogP contribution is -2.25. The van der Waals surface area contributed by atoms with E-state index in [1.54, 1.807) is 11.8 Å². The summed E-state index contributed by atoms with van der Waals surface area (Å²) in [7, 11) is -3.62. The quantitative estimate of drug-likeness (QED) is 0.627. The van der Waals surface area contributed by atoms with Crippen molar-refractivity contribution in [1.82, 2.24) is 4.72 Å². The predicted octanol–water partition coefficient (Wildman–Crippen LogP) is 2.96. The number of hydrogen-bond acceptors (Lipinski definition) is 4. The van der Waals surface area contributed by atoms with Gasteiger partial charge in [-0.1, -0.05) is 6.42 Å². The highest BCUT2D eigenvalue weighted by atomic mass is 79.9. The maximum atomic E-state index is 12.1. The standard InChI is InChI=1S/C13H18BrNO4S2/c1-20-8-4-2-3-7-15-21(18,19)12-6-5-10(13(16)17)9-11(12)14/h5-6,9,15H,2-4,7-8H2,1H3,(H,16,17). The Morgan fingerprint density at radius 2 is 2.05 bits per heavy atom. The maximum Gasteiger partial charge on any atom is 0.335 e. The fourth-order valence-electron chi connectivity index (χ4n) is 1.68. The van der Waals surface area contributed by atoms with Crippen LogP contribution in [0.25, 0.3) is 0 Å². The number of benzene rings is 1. The zero-order valence-corrected chi connectivity index (χ0v) is 14.9. The smallest absolute Gasteiger partial charge is 0.335 e. The first kappa shape index (κ1) is 18.5. The minimum Gasteiger partial charge on any atom is -0.478 e. The maximum absolute atomic E-state index is 12.1. The molecule has 0 aromatic heterocycles. The molecular formula is C13H18BrNO4S2. The van der Waals surface area contributed by atoms with Gasteiger partial charge in [-0.05, 0) is 59.0 Å². The van der Waals surface area contributed by atoms with Crippen LogP contribution in [-0.4, -0.2) is 38.0 Å². The molecule has 0 unspecified atom stereocenters. The number of carboxylic acids is 1. The molecule has 0 amide bonds. The van der Waals surface area contributed by atoms with E-state index in [2.05, 4.69) is 20.7 Å². The van der Waals surface area contributed by atoms with Gasteiger partial charge in [0, 0.05) is 11.0 Å². The number of hydrogen-bond donors (Lipinski definition) is 2. The van der Waals surface area contributed by atoms with Gasteiger partial charge in [0.15, 0.2) is 0 Å². The first-order chi connectivity index (χ1) is 9.88. The van der Waals surface area contributed by atoms with Gasteiger partial charge >= 0.3 is 5.97 Å². The largest absolute Gasteiger partial charge is 0.478 e. The molecule has 0 atom stereocenters. The molecule has 2 N–H and O–H groups in total. The third-order valence-electron chi connectivity index (χ3n) is 2.79. The third kappa shape index (κ3) is 5.98. The van der Waals surface area contributed by atoms with Gasteiger partial charge in [0.25, 0.3) is 0 Å². The fraction of sp³-hybridized carbons (Fsp3) is 0.462. The van der Waals surface area contributed by atoms with Crippen LogP contribution in [0.3, 0.4) is 0 Å². The normalized spacial score (nSPS) is 11.5. The second-order valence-corrected chi connectivity index (χ2v) is 7.98. The number of nitrogens with one attached hydrogen (secondary N) is 1. The van der Waals surface area contributed by atoms with Crippen LogP contribution in [0.2, 0.25) is 0 Å². The van der Waals surface area contributed by atoms with Crippen molar-refractivity contribution in [3.05, 3.63) is 28.2 Å². The van der Waals surface area contributed by atoms with Crippen molar-refractivity contribution in [3.8, 4) is 0 Å². The summed E-state index contributed by atoms with van der Waals surface area (Å²) in [5, 5.41) is 8.86. The Bertz CT molecular complexity index is 590. The van der Waals surface area contributed by atoms with Gasteiger partial charge in [0.05, 0.1) is 10.5 Å². The highest BCUT2D eigenvalue weighted by Gasteiger charge is 2.18. The van der Waals surface area contributed by atoms with Crippen molar-refractivity contribution in [3.63, 3.8) is 0 Å². The number of thioether (sulfide) groups is 1. The minimum absolute atomic E-state index is 0.0397. The van der Waals surface area contributed by atoms with E-state index in [0.29, 0.717) is 6.54 Å². The van der Waals surface area contributed by atoms with Gasteiger partial charge in [-0.25, -0.2) is 17.9 Å². The molecule has 21 heavy (non-hydrogen) atoms. The van der Waals surface area contributed by atoms with Gasteiger partial charge in [-0.3, -0.25) is 0 Å². The van der Waals surface area contributed by atoms with Gasteiger partial charge in [-0.2, -0.15) is 11.8 Å². The Kier molecular flexibility index (Phi) is 7.72. The summed E-state index contributed by atoms with van der Waals surface area (Å²) in [6.45, 7) is 0.379. The molecule has 8 heteroatoms. The lowest BCUT2D eigenvalue weighted by molar-refractivity contribution is 0.0696. The number of sulfonamides is 1. The molecule has 1 rings (SSSR count). The number of carboxylic acid groups (broad SMARTS) is 1. The molecule has 0 aliphatic carbocycles. The molecule has 0 bridgehead atoms. The van der Waals surface area contributed by atoms with E-state index in [-0.39, 0.29) is 14.9 Å². The zero-order valence-electron chi connectivity index (χ0n) is 11.6. The van der Waals surface area contributed by atoms with Crippen molar-refractivity contribution >= 4 is 43.7 Å². The Balaban J connectivity index is 2.64. The van der Waals surface area contributed by atoms with E-state index in [0.717, 1.165) is 25.0 Å². The minimum atomic E-state index is -3.62. The van der Waals surface area contributed by atoms with E-state index in [1.165, 1.54) is 18.2 Å². The number of rotatable bonds is 9. The van der Waals surface area contributed by atoms with Gasteiger partial charge in [0.1, 0.15) is 0 Å². The fourth-order valence-corrected chi connectivity index (χ4v) is 4.33. The molecular weight excluding hydrogens is 378 g/mol. The number of aromatic carboxylic acids is 1. The molecule has 0 saturated heterocycles. The molecule has 0 aliphatic heterocycles. The second kappa shape index (κ2) is 8.77. The molecule has 0 aliphatic rings. The molecule has 0 saturated carbocycles. The van der Waals surface area contributed by atoms with E-state index < -0.39 is 16.0 Å². The monoisotopic (exact) mass is 395 g/mol. The number of halogens is 1. The van der Waals surface area contributed by atoms with Gasteiger partial charge in [0.2, 0.25) is 10.0 Å². The molecule has 0 heterocycles. The highest BCUT2D eigenvalue weighted by Crippen LogP contribution is 2.23. The summed E-state index contributed by atoms with van der Waals surface area (Å²) in [6, 6.07) is 3.86. The van der Waals surface area contributed by atoms with Crippen LogP contribution in [0, 0.1) is 0 Å². The van der Waals surface area contributed by atoms with Crippen LogP contribution in [0.1, 0.15) is 29.6 Å². The summed E-state index contributed by atoms with van der Waals surface area (Å²) >= 11 is 4.88. The lowest BCUT2D eigenvalue weighted by atomic mass is 10.2. The molecule has 0 fully saturated rings. The van der Waals surface area contributed by atoms with Crippen LogP contribution in [0.5, 0.6) is 0 Å². The Labute approximate surface area is 137 Å². The van der Waals surface area contributed by atoms with Gasteiger partial charge in [-0.15, -0.1) is 0 Å². The molecule has 0 spiro atoms. The molecule has 5 nitrogen and oxygen atoms in total. The van der Waals surface area contributed by atoms with E-state index in [1.807, 2.05) is 6.26 Å². The number of carbonyl (C=O) groups is 1. The lowest BCUT2D eigenvalue weighted by Gasteiger charge is -2.09. The van der Waals surface area contributed by atoms with Crippen molar-refractivity contribution in [2.75, 3.05) is 18.6 Å². The van der Waals surface area contributed by atoms with Crippen molar-refractivity contribution in [2.24, 2.45) is 0 Å². The van der Waals surface area contributed by atoms with Gasteiger partial charge < -0.3 is 5.11 Å². The Morgan fingerprint density at radius 3 is 2.62 bits per heavy atom. The Hall–Kier alpha value is -0.570. The van der Waals surface area contributed by atoms with Crippen LogP contribution >= 0.6 is 27.7 Å². The highest BCUT2D eigenvalue weighted by molar-refractivity contribution is 9.10. The van der Waals surface area contributed by atoms with Crippen LogP contribution in [0.4, 0.5) is 0 Å². The zero-order chi connectivity index (χ0) is 15.9. The first-order valence-corrected chi connectivity index (χ1v) is 10.1. The SMILES string of the molecule is CSCCCCCNS(=O)(=O)c1ccc(C(=O)O)cc1Br. The molecule has 1 aromatic carbocycles. The summed E-state index contributed by atoms with van der Waals surface area (Å²) in [4.78, 5) is 10.9. The summed E-state index contributed by atoms with van der Waals surface area (Å²) in [6.07, 6.45) is 4.87. The third-order valence-corrected chi connectivity index (χ3v) is 5.92. The van der Waals surface area contributed by atoms with Crippen molar-refractivity contribution < 1.29 is 18.3 Å². The van der Waals surface area contributed by atoms with E-state index in [4.69, 9.17) is 5.11 Å². The van der Waals surface area contributed by atoms with Crippen LogP contribution in [0.15, 0.2) is 27.6 Å². The van der Waals surface area contributed by atoms with E-state index >= 15 is 0 Å². The van der Waals surface area contributed by atoms with E-state index in [9.17, 15) is 13.2 Å². The average Bonchev–Trinajstić information content (AvgIpc) is 2.42. The second-order valence-electron chi connectivity index (χ2n) is 4.40. The summed E-state index contributed by atoms with van der Waals surface area (Å²) in [5.74, 6) is -0.0176. The Morgan fingerprint density at radius 1 is 1.33 bits per heavy atom. The summed E-state index contributed by atoms with van der Waals surface area (Å²) in [5.41, 5.74) is 0.0397. The van der Waals surface area contributed by atoms with Crippen LogP contribution in [-0.2, 0) is 10.0 Å². The predicted molar refractivity (Wildman–Crippen MR) is 88.5 cm³/mol. The van der Waals surface area contributed by atoms with Crippen molar-refractivity contribution in [1.29, 1.82) is 0 Å². The molecule has 1 aromatic rings.